The normalized spacial score (nSPS) is 11.8. The van der Waals surface area contributed by atoms with Crippen LogP contribution in [0.25, 0.3) is 0 Å². The lowest BCUT2D eigenvalue weighted by atomic mass is 10.1. The third kappa shape index (κ3) is 4.02. The van der Waals surface area contributed by atoms with Crippen LogP contribution in [0.1, 0.15) is 57.1 Å². The number of ether oxygens (including phenoxy) is 1. The second-order valence-corrected chi connectivity index (χ2v) is 6.54. The summed E-state index contributed by atoms with van der Waals surface area (Å²) >= 11 is 0. The molecule has 6 heteroatoms. The van der Waals surface area contributed by atoms with Gasteiger partial charge in [-0.1, -0.05) is 17.7 Å². The first-order chi connectivity index (χ1) is 12.1. The van der Waals surface area contributed by atoms with Crippen LogP contribution in [0.3, 0.4) is 0 Å². The van der Waals surface area contributed by atoms with Crippen molar-refractivity contribution in [2.24, 2.45) is 0 Å². The van der Waals surface area contributed by atoms with Crippen LogP contribution in [-0.4, -0.2) is 28.7 Å². The molecular weight excluding hydrogens is 332 g/mol. The Morgan fingerprint density at radius 3 is 2.31 bits per heavy atom. The molecule has 0 fully saturated rings. The summed E-state index contributed by atoms with van der Waals surface area (Å²) in [5.74, 6) is -1.21. The van der Waals surface area contributed by atoms with Gasteiger partial charge < -0.3 is 15.0 Å². The molecule has 1 atom stereocenters. The number of aromatic amines is 1. The van der Waals surface area contributed by atoms with Gasteiger partial charge in [0, 0.05) is 16.9 Å². The van der Waals surface area contributed by atoms with E-state index < -0.39 is 18.0 Å². The number of Topliss-reactive ketones (excluding diaryl/α,β-unsaturated/α-hetero) is 1. The largest absolute Gasteiger partial charge is 0.448 e. The molecule has 0 aliphatic rings. The van der Waals surface area contributed by atoms with Crippen LogP contribution in [0.4, 0.5) is 5.69 Å². The summed E-state index contributed by atoms with van der Waals surface area (Å²) in [7, 11) is 0. The molecule has 0 bridgehead atoms. The number of nitrogens with one attached hydrogen (secondary N) is 2. The Hall–Kier alpha value is -2.89. The zero-order valence-electron chi connectivity index (χ0n) is 15.9. The molecule has 0 aliphatic carbocycles. The standard InChI is InChI=1S/C20H24N2O4/c1-10-7-8-16(11(2)9-10)22-19(24)15(6)26-20(25)18-12(3)17(14(5)23)13(4)21-18/h7-9,15,21H,1-6H3,(H,22,24)/t15-/m1/s1. The van der Waals surface area contributed by atoms with E-state index in [0.717, 1.165) is 11.1 Å². The predicted molar refractivity (Wildman–Crippen MR) is 99.7 cm³/mol. The van der Waals surface area contributed by atoms with Gasteiger partial charge in [-0.3, -0.25) is 9.59 Å². The molecule has 26 heavy (non-hydrogen) atoms. The zero-order chi connectivity index (χ0) is 19.6. The van der Waals surface area contributed by atoms with E-state index in [1.807, 2.05) is 32.0 Å². The van der Waals surface area contributed by atoms with Crippen molar-refractivity contribution in [1.29, 1.82) is 0 Å². The molecule has 0 saturated carbocycles. The molecule has 1 aromatic heterocycles. The van der Waals surface area contributed by atoms with Gasteiger partial charge in [0.1, 0.15) is 5.69 Å². The van der Waals surface area contributed by atoms with Gasteiger partial charge in [-0.05, 0) is 58.7 Å². The minimum absolute atomic E-state index is 0.129. The van der Waals surface area contributed by atoms with Crippen LogP contribution < -0.4 is 5.32 Å². The van der Waals surface area contributed by atoms with Crippen molar-refractivity contribution in [1.82, 2.24) is 4.98 Å². The molecule has 6 nitrogen and oxygen atoms in total. The number of carbonyl (C=O) groups excluding carboxylic acids is 3. The summed E-state index contributed by atoms with van der Waals surface area (Å²) in [6, 6.07) is 5.67. The molecule has 138 valence electrons. The molecule has 0 spiro atoms. The topological polar surface area (TPSA) is 88.3 Å². The lowest BCUT2D eigenvalue weighted by Gasteiger charge is -2.15. The van der Waals surface area contributed by atoms with E-state index in [9.17, 15) is 14.4 Å². The van der Waals surface area contributed by atoms with E-state index in [0.29, 0.717) is 22.5 Å². The van der Waals surface area contributed by atoms with Crippen molar-refractivity contribution >= 4 is 23.3 Å². The summed E-state index contributed by atoms with van der Waals surface area (Å²) in [6.45, 7) is 10.2. The van der Waals surface area contributed by atoms with Crippen LogP contribution in [-0.2, 0) is 9.53 Å². The van der Waals surface area contributed by atoms with Crippen molar-refractivity contribution < 1.29 is 19.1 Å². The summed E-state index contributed by atoms with van der Waals surface area (Å²) in [4.78, 5) is 39.3. The summed E-state index contributed by atoms with van der Waals surface area (Å²) in [5, 5.41) is 2.76. The molecule has 0 unspecified atom stereocenters. The number of aryl methyl sites for hydroxylation is 3. The summed E-state index contributed by atoms with van der Waals surface area (Å²) in [5.41, 5.74) is 4.51. The second-order valence-electron chi connectivity index (χ2n) is 6.54. The maximum absolute atomic E-state index is 12.4. The highest BCUT2D eigenvalue weighted by atomic mass is 16.5. The summed E-state index contributed by atoms with van der Waals surface area (Å²) < 4.78 is 5.27. The van der Waals surface area contributed by atoms with E-state index in [2.05, 4.69) is 10.3 Å². The Balaban J connectivity index is 2.10. The number of anilines is 1. The number of aromatic nitrogens is 1. The smallest absolute Gasteiger partial charge is 0.355 e. The van der Waals surface area contributed by atoms with Crippen LogP contribution in [0.2, 0.25) is 0 Å². The summed E-state index contributed by atoms with van der Waals surface area (Å²) in [6.07, 6.45) is -0.980. The Bertz CT molecular complexity index is 880. The highest BCUT2D eigenvalue weighted by Crippen LogP contribution is 2.20. The van der Waals surface area contributed by atoms with Crippen LogP contribution >= 0.6 is 0 Å². The molecule has 2 aromatic rings. The number of hydrogen-bond acceptors (Lipinski definition) is 4. The van der Waals surface area contributed by atoms with Gasteiger partial charge in [-0.15, -0.1) is 0 Å². The van der Waals surface area contributed by atoms with Crippen molar-refractivity contribution in [2.75, 3.05) is 5.32 Å². The fourth-order valence-corrected chi connectivity index (χ4v) is 2.94. The average Bonchev–Trinajstić information content (AvgIpc) is 2.84. The van der Waals surface area contributed by atoms with E-state index >= 15 is 0 Å². The molecule has 0 aliphatic heterocycles. The maximum atomic E-state index is 12.4. The lowest BCUT2D eigenvalue weighted by molar-refractivity contribution is -0.123. The average molecular weight is 356 g/mol. The first-order valence-electron chi connectivity index (χ1n) is 8.41. The van der Waals surface area contributed by atoms with E-state index in [1.165, 1.54) is 13.8 Å². The number of carbonyl (C=O) groups is 3. The highest BCUT2D eigenvalue weighted by molar-refractivity contribution is 6.02. The van der Waals surface area contributed by atoms with E-state index in [1.54, 1.807) is 13.8 Å². The molecule has 2 rings (SSSR count). The minimum Gasteiger partial charge on any atom is -0.448 e. The number of H-pyrrole nitrogens is 1. The third-order valence-corrected chi connectivity index (χ3v) is 4.29. The molecule has 1 aromatic carbocycles. The minimum atomic E-state index is -0.980. The number of rotatable bonds is 5. The predicted octanol–water partition coefficient (Wildman–Crippen LogP) is 3.63. The van der Waals surface area contributed by atoms with Gasteiger partial charge >= 0.3 is 5.97 Å². The Morgan fingerprint density at radius 1 is 1.12 bits per heavy atom. The number of hydrogen-bond donors (Lipinski definition) is 2. The Morgan fingerprint density at radius 2 is 1.77 bits per heavy atom. The first kappa shape index (κ1) is 19.4. The quantitative estimate of drug-likeness (QED) is 0.632. The van der Waals surface area contributed by atoms with Crippen LogP contribution in [0, 0.1) is 27.7 Å². The molecule has 1 heterocycles. The SMILES string of the molecule is CC(=O)c1c(C)[nH]c(C(=O)O[C@H](C)C(=O)Nc2ccc(C)cc2C)c1C. The Labute approximate surface area is 152 Å². The number of esters is 1. The lowest BCUT2D eigenvalue weighted by Crippen LogP contribution is -2.30. The van der Waals surface area contributed by atoms with Gasteiger partial charge in [0.25, 0.3) is 5.91 Å². The van der Waals surface area contributed by atoms with E-state index in [-0.39, 0.29) is 11.5 Å². The number of amides is 1. The molecular formula is C20H24N2O4. The molecule has 2 N–H and O–H groups in total. The van der Waals surface area contributed by atoms with Crippen LogP contribution in [0.5, 0.6) is 0 Å². The zero-order valence-corrected chi connectivity index (χ0v) is 15.9. The molecule has 0 radical (unpaired) electrons. The van der Waals surface area contributed by atoms with Gasteiger partial charge in [0.2, 0.25) is 0 Å². The molecule has 0 saturated heterocycles. The maximum Gasteiger partial charge on any atom is 0.355 e. The fourth-order valence-electron chi connectivity index (χ4n) is 2.94. The highest BCUT2D eigenvalue weighted by Gasteiger charge is 2.24. The first-order valence-corrected chi connectivity index (χ1v) is 8.41. The number of ketones is 1. The van der Waals surface area contributed by atoms with E-state index in [4.69, 9.17) is 4.74 Å². The number of benzene rings is 1. The van der Waals surface area contributed by atoms with Crippen molar-refractivity contribution in [3.8, 4) is 0 Å². The van der Waals surface area contributed by atoms with Crippen LogP contribution in [0.15, 0.2) is 18.2 Å². The van der Waals surface area contributed by atoms with Gasteiger partial charge in [0.15, 0.2) is 11.9 Å². The van der Waals surface area contributed by atoms with Crippen molar-refractivity contribution in [3.05, 3.63) is 51.8 Å². The second kappa shape index (κ2) is 7.56. The third-order valence-electron chi connectivity index (χ3n) is 4.29. The monoisotopic (exact) mass is 356 g/mol. The Kier molecular flexibility index (Phi) is 5.65. The fraction of sp³-hybridized carbons (Fsp3) is 0.350. The molecule has 1 amide bonds. The van der Waals surface area contributed by atoms with Gasteiger partial charge in [-0.2, -0.15) is 0 Å². The van der Waals surface area contributed by atoms with Gasteiger partial charge in [0.05, 0.1) is 0 Å². The van der Waals surface area contributed by atoms with Crippen molar-refractivity contribution in [2.45, 2.75) is 47.6 Å². The van der Waals surface area contributed by atoms with Crippen molar-refractivity contribution in [3.63, 3.8) is 0 Å². The van der Waals surface area contributed by atoms with Gasteiger partial charge in [-0.25, -0.2) is 4.79 Å².